The number of benzene rings is 1. The Kier molecular flexibility index (Phi) is 5.48. The van der Waals surface area contributed by atoms with Gasteiger partial charge in [0.05, 0.1) is 23.0 Å². The molecule has 1 aliphatic heterocycles. The number of hydrogen-bond donors (Lipinski definition) is 0. The summed E-state index contributed by atoms with van der Waals surface area (Å²) in [5.74, 6) is 0.485. The first kappa shape index (κ1) is 20.0. The molecule has 0 aliphatic carbocycles. The Bertz CT molecular complexity index is 1070. The molecule has 0 spiro atoms. The van der Waals surface area contributed by atoms with Gasteiger partial charge in [0.2, 0.25) is 5.95 Å². The van der Waals surface area contributed by atoms with E-state index in [1.165, 1.54) is 12.1 Å². The monoisotopic (exact) mass is 409 g/mol. The first-order valence-corrected chi connectivity index (χ1v) is 9.98. The van der Waals surface area contributed by atoms with Crippen LogP contribution in [-0.4, -0.2) is 46.6 Å². The highest BCUT2D eigenvalue weighted by atomic mass is 19.1. The number of rotatable bonds is 4. The number of carbonyl (C=O) groups is 1. The molecule has 8 heteroatoms. The van der Waals surface area contributed by atoms with Gasteiger partial charge in [-0.15, -0.1) is 0 Å². The van der Waals surface area contributed by atoms with Crippen molar-refractivity contribution in [2.24, 2.45) is 0 Å². The summed E-state index contributed by atoms with van der Waals surface area (Å²) < 4.78 is 19.2. The molecule has 3 heterocycles. The van der Waals surface area contributed by atoms with Crippen LogP contribution in [0.3, 0.4) is 0 Å². The summed E-state index contributed by atoms with van der Waals surface area (Å²) in [5.41, 5.74) is 2.52. The van der Waals surface area contributed by atoms with Crippen LogP contribution in [0.15, 0.2) is 41.1 Å². The van der Waals surface area contributed by atoms with E-state index in [1.807, 2.05) is 32.0 Å². The van der Waals surface area contributed by atoms with E-state index in [9.17, 15) is 9.18 Å². The van der Waals surface area contributed by atoms with E-state index in [-0.39, 0.29) is 11.9 Å². The molecule has 0 radical (unpaired) electrons. The zero-order valence-corrected chi connectivity index (χ0v) is 17.3. The second-order valence-corrected chi connectivity index (χ2v) is 7.72. The van der Waals surface area contributed by atoms with Crippen LogP contribution < -0.4 is 4.90 Å². The highest BCUT2D eigenvalue weighted by Gasteiger charge is 2.33. The second-order valence-electron chi connectivity index (χ2n) is 7.72. The number of halogens is 1. The van der Waals surface area contributed by atoms with Crippen molar-refractivity contribution in [1.29, 1.82) is 0 Å². The van der Waals surface area contributed by atoms with Crippen molar-refractivity contribution in [2.45, 2.75) is 32.2 Å². The van der Waals surface area contributed by atoms with Gasteiger partial charge in [-0.25, -0.2) is 14.4 Å². The average Bonchev–Trinajstić information content (AvgIpc) is 3.19. The molecule has 156 valence electrons. The SMILES string of the molecule is Cc1cc(-c2cnc(N(C)C)nc2[C@H]2CCCCN2C(=O)c2cccc(F)c2)on1. The fraction of sp³-hybridized carbons (Fsp3) is 0.364. The molecule has 1 amide bonds. The van der Waals surface area contributed by atoms with Crippen LogP contribution in [-0.2, 0) is 0 Å². The fourth-order valence-electron chi connectivity index (χ4n) is 3.78. The number of carbonyl (C=O) groups excluding carboxylic acids is 1. The van der Waals surface area contributed by atoms with Crippen LogP contribution >= 0.6 is 0 Å². The molecular weight excluding hydrogens is 385 g/mol. The summed E-state index contributed by atoms with van der Waals surface area (Å²) in [7, 11) is 3.74. The Balaban J connectivity index is 1.79. The lowest BCUT2D eigenvalue weighted by atomic mass is 9.94. The summed E-state index contributed by atoms with van der Waals surface area (Å²) in [6.07, 6.45) is 4.33. The van der Waals surface area contributed by atoms with Gasteiger partial charge in [-0.05, 0) is 44.4 Å². The molecule has 0 N–H and O–H groups in total. The average molecular weight is 409 g/mol. The molecule has 30 heavy (non-hydrogen) atoms. The summed E-state index contributed by atoms with van der Waals surface area (Å²) in [5, 5.41) is 3.99. The van der Waals surface area contributed by atoms with Crippen molar-refractivity contribution in [3.05, 3.63) is 59.3 Å². The Morgan fingerprint density at radius 2 is 2.10 bits per heavy atom. The maximum Gasteiger partial charge on any atom is 0.254 e. The molecule has 0 saturated carbocycles. The van der Waals surface area contributed by atoms with E-state index in [2.05, 4.69) is 10.1 Å². The highest BCUT2D eigenvalue weighted by molar-refractivity contribution is 5.94. The number of aromatic nitrogens is 3. The second kappa shape index (κ2) is 8.22. The third-order valence-corrected chi connectivity index (χ3v) is 5.25. The summed E-state index contributed by atoms with van der Waals surface area (Å²) in [6.45, 7) is 2.43. The molecule has 1 saturated heterocycles. The predicted octanol–water partition coefficient (Wildman–Crippen LogP) is 4.01. The number of hydrogen-bond acceptors (Lipinski definition) is 6. The largest absolute Gasteiger partial charge is 0.356 e. The van der Waals surface area contributed by atoms with Gasteiger partial charge in [0.25, 0.3) is 5.91 Å². The van der Waals surface area contributed by atoms with Gasteiger partial charge < -0.3 is 14.3 Å². The number of anilines is 1. The van der Waals surface area contributed by atoms with E-state index in [0.29, 0.717) is 35.1 Å². The first-order chi connectivity index (χ1) is 14.4. The van der Waals surface area contributed by atoms with Crippen molar-refractivity contribution in [2.75, 3.05) is 25.5 Å². The topological polar surface area (TPSA) is 75.4 Å². The quantitative estimate of drug-likeness (QED) is 0.648. The van der Waals surface area contributed by atoms with Crippen molar-refractivity contribution >= 4 is 11.9 Å². The Labute approximate surface area is 174 Å². The van der Waals surface area contributed by atoms with Gasteiger partial charge in [-0.1, -0.05) is 11.2 Å². The van der Waals surface area contributed by atoms with Gasteiger partial charge in [0.1, 0.15) is 5.82 Å². The highest BCUT2D eigenvalue weighted by Crippen LogP contribution is 2.37. The smallest absolute Gasteiger partial charge is 0.254 e. The molecular formula is C22H24FN5O2. The van der Waals surface area contributed by atoms with Gasteiger partial charge in [-0.2, -0.15) is 0 Å². The first-order valence-electron chi connectivity index (χ1n) is 9.98. The lowest BCUT2D eigenvalue weighted by Crippen LogP contribution is -2.39. The Morgan fingerprint density at radius 1 is 1.27 bits per heavy atom. The molecule has 0 unspecified atom stereocenters. The van der Waals surface area contributed by atoms with Crippen LogP contribution in [0.4, 0.5) is 10.3 Å². The number of aryl methyl sites for hydroxylation is 1. The van der Waals surface area contributed by atoms with Gasteiger partial charge in [0, 0.05) is 38.5 Å². The number of nitrogens with zero attached hydrogens (tertiary/aromatic N) is 5. The zero-order chi connectivity index (χ0) is 21.3. The summed E-state index contributed by atoms with van der Waals surface area (Å²) in [4.78, 5) is 26.1. The van der Waals surface area contributed by atoms with Crippen LogP contribution in [0, 0.1) is 12.7 Å². The summed E-state index contributed by atoms with van der Waals surface area (Å²) >= 11 is 0. The number of likely N-dealkylation sites (tertiary alicyclic amines) is 1. The lowest BCUT2D eigenvalue weighted by Gasteiger charge is -2.36. The minimum atomic E-state index is -0.427. The maximum atomic E-state index is 13.7. The normalized spacial score (nSPS) is 16.5. The molecule has 1 aliphatic rings. The van der Waals surface area contributed by atoms with Crippen LogP contribution in [0.1, 0.15) is 47.1 Å². The van der Waals surface area contributed by atoms with Crippen molar-refractivity contribution < 1.29 is 13.7 Å². The number of piperidine rings is 1. The third kappa shape index (κ3) is 3.90. The Morgan fingerprint density at radius 3 is 2.80 bits per heavy atom. The standard InChI is InChI=1S/C22H24FN5O2/c1-14-11-19(30-26-14)17-13-24-22(27(2)3)25-20(17)18-9-4-5-10-28(18)21(29)15-7-6-8-16(23)12-15/h6-8,11-13,18H,4-5,9-10H2,1-3H3/t18-/m1/s1. The fourth-order valence-corrected chi connectivity index (χ4v) is 3.78. The van der Waals surface area contributed by atoms with E-state index >= 15 is 0 Å². The minimum Gasteiger partial charge on any atom is -0.356 e. The third-order valence-electron chi connectivity index (χ3n) is 5.25. The molecule has 3 aromatic rings. The van der Waals surface area contributed by atoms with E-state index in [1.54, 1.807) is 23.2 Å². The number of amides is 1. The summed E-state index contributed by atoms with van der Waals surface area (Å²) in [6, 6.07) is 7.38. The van der Waals surface area contributed by atoms with Crippen LogP contribution in [0.2, 0.25) is 0 Å². The molecule has 4 rings (SSSR count). The van der Waals surface area contributed by atoms with Crippen molar-refractivity contribution in [1.82, 2.24) is 20.0 Å². The van der Waals surface area contributed by atoms with Gasteiger partial charge in [-0.3, -0.25) is 4.79 Å². The van der Waals surface area contributed by atoms with E-state index in [4.69, 9.17) is 9.51 Å². The molecule has 2 aromatic heterocycles. The predicted molar refractivity (Wildman–Crippen MR) is 111 cm³/mol. The maximum absolute atomic E-state index is 13.7. The van der Waals surface area contributed by atoms with Crippen LogP contribution in [0.25, 0.3) is 11.3 Å². The zero-order valence-electron chi connectivity index (χ0n) is 17.3. The lowest BCUT2D eigenvalue weighted by molar-refractivity contribution is 0.0606. The van der Waals surface area contributed by atoms with Crippen molar-refractivity contribution in [3.8, 4) is 11.3 Å². The molecule has 1 atom stereocenters. The molecule has 7 nitrogen and oxygen atoms in total. The molecule has 1 fully saturated rings. The minimum absolute atomic E-state index is 0.205. The van der Waals surface area contributed by atoms with Crippen molar-refractivity contribution in [3.63, 3.8) is 0 Å². The van der Waals surface area contributed by atoms with Gasteiger partial charge >= 0.3 is 0 Å². The van der Waals surface area contributed by atoms with E-state index in [0.717, 1.165) is 25.0 Å². The Hall–Kier alpha value is -3.29. The van der Waals surface area contributed by atoms with Gasteiger partial charge in [0.15, 0.2) is 5.76 Å². The molecule has 0 bridgehead atoms. The van der Waals surface area contributed by atoms with Crippen LogP contribution in [0.5, 0.6) is 0 Å². The van der Waals surface area contributed by atoms with E-state index < -0.39 is 5.82 Å². The molecule has 1 aromatic carbocycles.